The molecule has 1 saturated carbocycles. The zero-order valence-corrected chi connectivity index (χ0v) is 42.5. The van der Waals surface area contributed by atoms with Gasteiger partial charge in [0.05, 0.1) is 25.4 Å². The van der Waals surface area contributed by atoms with E-state index in [0.717, 1.165) is 32.1 Å². The molecular weight excluding hydrogens is 951 g/mol. The topological polar surface area (TPSA) is 391 Å². The molecule has 1 aliphatic carbocycles. The van der Waals surface area contributed by atoms with E-state index in [1.165, 1.54) is 4.90 Å². The van der Waals surface area contributed by atoms with Crippen LogP contribution in [0.25, 0.3) is 0 Å². The Kier molecular flexibility index (Phi) is 27.1. The number of amides is 11. The molecule has 2 aliphatic rings. The van der Waals surface area contributed by atoms with Crippen molar-refractivity contribution in [3.63, 3.8) is 0 Å². The molecule has 9 atom stereocenters. The lowest BCUT2D eigenvalue weighted by molar-refractivity contribution is -0.142. The predicted molar refractivity (Wildman–Crippen MR) is 265 cm³/mol. The van der Waals surface area contributed by atoms with Crippen molar-refractivity contribution in [2.75, 3.05) is 31.1 Å². The van der Waals surface area contributed by atoms with E-state index in [1.807, 2.05) is 13.8 Å². The Bertz CT molecular complexity index is 1840. The van der Waals surface area contributed by atoms with E-state index in [0.29, 0.717) is 25.8 Å². The molecule has 0 aromatic rings. The number of hydrogen-bond acceptors (Lipinski definition) is 15. The minimum atomic E-state index is -1.77. The van der Waals surface area contributed by atoms with Crippen LogP contribution in [-0.2, 0) is 52.7 Å². The van der Waals surface area contributed by atoms with Crippen LogP contribution in [0.4, 0.5) is 0 Å². The lowest BCUT2D eigenvalue weighted by Crippen LogP contribution is -2.61. The number of carbonyl (C=O) groups is 11. The Balaban J connectivity index is 2.29. The molecule has 1 saturated heterocycles. The fourth-order valence-electron chi connectivity index (χ4n) is 8.15. The van der Waals surface area contributed by atoms with Gasteiger partial charge >= 0.3 is 0 Å². The van der Waals surface area contributed by atoms with Crippen LogP contribution in [0.15, 0.2) is 0 Å². The van der Waals surface area contributed by atoms with E-state index >= 15 is 0 Å². The number of nitrogens with two attached hydrogens (primary N) is 4. The first-order chi connectivity index (χ1) is 33.0. The van der Waals surface area contributed by atoms with Crippen LogP contribution >= 0.6 is 25.3 Å². The summed E-state index contributed by atoms with van der Waals surface area (Å²) in [6.07, 6.45) is 4.96. The van der Waals surface area contributed by atoms with Gasteiger partial charge in [-0.25, -0.2) is 0 Å². The molecule has 0 radical (unpaired) electrons. The number of nitrogens with one attached hydrogen (secondary N) is 8. The van der Waals surface area contributed by atoms with Gasteiger partial charge in [0.25, 0.3) is 0 Å². The lowest BCUT2D eigenvalue weighted by atomic mass is 9.84. The molecule has 26 heteroatoms. The number of likely N-dealkylation sites (tertiary alicyclic amines) is 1. The van der Waals surface area contributed by atoms with Crippen LogP contribution in [-0.4, -0.2) is 155 Å². The highest BCUT2D eigenvalue weighted by Crippen LogP contribution is 2.28. The third-order valence-electron chi connectivity index (χ3n) is 12.3. The molecule has 16 N–H and O–H groups in total. The van der Waals surface area contributed by atoms with Crippen molar-refractivity contribution in [3.05, 3.63) is 0 Å². The third kappa shape index (κ3) is 21.0. The third-order valence-corrected chi connectivity index (χ3v) is 13.0. The minimum Gasteiger partial charge on any atom is -0.370 e. The van der Waals surface area contributed by atoms with Crippen molar-refractivity contribution in [2.45, 2.75) is 166 Å². The van der Waals surface area contributed by atoms with Gasteiger partial charge in [-0.1, -0.05) is 66.2 Å². The monoisotopic (exact) mass is 1030 g/mol. The van der Waals surface area contributed by atoms with Gasteiger partial charge in [0.1, 0.15) is 42.3 Å². The van der Waals surface area contributed by atoms with E-state index in [4.69, 9.17) is 22.9 Å². The van der Waals surface area contributed by atoms with Gasteiger partial charge in [-0.3, -0.25) is 52.7 Å². The molecular formula is C44H77N13O11S2. The van der Waals surface area contributed by atoms with Crippen LogP contribution < -0.4 is 65.5 Å². The zero-order valence-electron chi connectivity index (χ0n) is 40.7. The second kappa shape index (κ2) is 31.2. The first-order valence-electron chi connectivity index (χ1n) is 24.0. The summed E-state index contributed by atoms with van der Waals surface area (Å²) in [5.74, 6) is -10.1. The van der Waals surface area contributed by atoms with Crippen LogP contribution in [0.3, 0.4) is 0 Å². The van der Waals surface area contributed by atoms with E-state index in [-0.39, 0.29) is 49.3 Å². The molecule has 396 valence electrons. The lowest BCUT2D eigenvalue weighted by Gasteiger charge is -2.31. The fraction of sp³-hybridized carbons (Fsp3) is 0.750. The van der Waals surface area contributed by atoms with Gasteiger partial charge in [-0.15, -0.1) is 0 Å². The summed E-state index contributed by atoms with van der Waals surface area (Å²) in [7, 11) is 0. The predicted octanol–water partition coefficient (Wildman–Crippen LogP) is -3.78. The summed E-state index contributed by atoms with van der Waals surface area (Å²) in [6.45, 7) is 7.47. The number of nitrogens with zero attached hydrogens (tertiary/aromatic N) is 1. The normalized spacial score (nSPS) is 18.3. The van der Waals surface area contributed by atoms with Crippen LogP contribution in [0.5, 0.6) is 0 Å². The summed E-state index contributed by atoms with van der Waals surface area (Å²) >= 11 is 8.34. The Morgan fingerprint density at radius 1 is 0.614 bits per heavy atom. The quantitative estimate of drug-likeness (QED) is 0.0235. The Morgan fingerprint density at radius 3 is 1.70 bits per heavy atom. The van der Waals surface area contributed by atoms with E-state index in [9.17, 15) is 52.7 Å². The summed E-state index contributed by atoms with van der Waals surface area (Å²) in [5.41, 5.74) is 22.0. The second-order valence-electron chi connectivity index (χ2n) is 18.4. The largest absolute Gasteiger partial charge is 0.370 e. The summed E-state index contributed by atoms with van der Waals surface area (Å²) in [5, 5.41) is 20.9. The molecule has 0 bridgehead atoms. The molecule has 0 aromatic heterocycles. The van der Waals surface area contributed by atoms with Crippen molar-refractivity contribution in [3.8, 4) is 0 Å². The Hall–Kier alpha value is -5.21. The first-order valence-corrected chi connectivity index (χ1v) is 25.3. The smallest absolute Gasteiger partial charge is 0.246 e. The van der Waals surface area contributed by atoms with E-state index in [2.05, 4.69) is 67.8 Å². The second-order valence-corrected chi connectivity index (χ2v) is 19.1. The van der Waals surface area contributed by atoms with Crippen LogP contribution in [0, 0.1) is 11.8 Å². The average molecular weight is 1030 g/mol. The van der Waals surface area contributed by atoms with Crippen molar-refractivity contribution < 1.29 is 52.7 Å². The number of carbonyl (C=O) groups excluding carboxylic acids is 11. The van der Waals surface area contributed by atoms with Gasteiger partial charge in [0.15, 0.2) is 0 Å². The molecule has 0 aromatic carbocycles. The number of rotatable bonds is 31. The number of primary amides is 3. The maximum Gasteiger partial charge on any atom is 0.246 e. The zero-order chi connectivity index (χ0) is 52.7. The van der Waals surface area contributed by atoms with Gasteiger partial charge in [-0.05, 0) is 50.5 Å². The number of hydrogen-bond donors (Lipinski definition) is 14. The SMILES string of the molecule is CC[C@H](C)[C@H](NC(=O)[C@H](CC1CCCCC1)NC(=O)[C@@H](N)CS)C(=O)N[C@@H](CC(N)=O)C(=O)N[C@@H](CC(N)=O)C(=O)N[C@@H](CS)C(=O)N1CCC[C@H]1C(=O)N[C@@H](CCCNC(C)C)C(=O)NCC(N)=O. The van der Waals surface area contributed by atoms with Crippen LogP contribution in [0.2, 0.25) is 0 Å². The minimum absolute atomic E-state index is 0.0183. The maximum atomic E-state index is 14.0. The van der Waals surface area contributed by atoms with E-state index in [1.54, 1.807) is 13.8 Å². The highest BCUT2D eigenvalue weighted by Gasteiger charge is 2.40. The molecule has 70 heavy (non-hydrogen) atoms. The summed E-state index contributed by atoms with van der Waals surface area (Å²) in [4.78, 5) is 146. The Labute approximate surface area is 420 Å². The molecule has 24 nitrogen and oxygen atoms in total. The van der Waals surface area contributed by atoms with Gasteiger partial charge in [0, 0.05) is 24.1 Å². The van der Waals surface area contributed by atoms with Crippen LogP contribution in [0.1, 0.15) is 111 Å². The first kappa shape index (κ1) is 60.9. The molecule has 0 spiro atoms. The summed E-state index contributed by atoms with van der Waals surface area (Å²) in [6, 6.07) is -10.3. The maximum absolute atomic E-state index is 14.0. The van der Waals surface area contributed by atoms with Crippen molar-refractivity contribution >= 4 is 90.2 Å². The highest BCUT2D eigenvalue weighted by molar-refractivity contribution is 7.80. The van der Waals surface area contributed by atoms with Gasteiger partial charge in [-0.2, -0.15) is 25.3 Å². The highest BCUT2D eigenvalue weighted by atomic mass is 32.1. The van der Waals surface area contributed by atoms with Gasteiger partial charge in [0.2, 0.25) is 65.0 Å². The molecule has 11 amide bonds. The van der Waals surface area contributed by atoms with Crippen molar-refractivity contribution in [1.29, 1.82) is 0 Å². The molecule has 1 aliphatic heterocycles. The average Bonchev–Trinajstić information content (AvgIpc) is 3.81. The standard InChI is InChI=1S/C44H77N13O11S2/c1-5-24(4)36(56-41(65)28(52-37(61)26(45)21-69)17-25-11-7-6-8-12-25)43(67)54-30(19-34(47)59)39(63)53-29(18-33(46)58)40(64)55-31(22-70)44(68)57-16-10-14-32(57)42(66)51-27(13-9-15-49-23(2)3)38(62)50-20-35(48)60/h23-32,36,49,69-70H,5-22,45H2,1-4H3,(H2,46,58)(H2,47,59)(H2,48,60)(H,50,62)(H,51,66)(H,52,61)(H,53,63)(H,54,67)(H,55,64)(H,56,65)/t24-,26-,27-,28-,29-,30-,31-,32-,36-/m0/s1. The molecule has 0 unspecified atom stereocenters. The van der Waals surface area contributed by atoms with E-state index < -0.39 is 139 Å². The fourth-order valence-corrected chi connectivity index (χ4v) is 8.57. The Morgan fingerprint density at radius 2 is 1.17 bits per heavy atom. The molecule has 2 rings (SSSR count). The summed E-state index contributed by atoms with van der Waals surface area (Å²) < 4.78 is 0. The number of thiol groups is 2. The van der Waals surface area contributed by atoms with Crippen molar-refractivity contribution in [1.82, 2.24) is 47.4 Å². The molecule has 2 fully saturated rings. The van der Waals surface area contributed by atoms with Crippen molar-refractivity contribution in [2.24, 2.45) is 34.8 Å². The van der Waals surface area contributed by atoms with Gasteiger partial charge < -0.3 is 70.4 Å². The molecule has 1 heterocycles.